The SMILES string of the molecule is Fc1cccc(CCC2=N[C@H](c3ccccc3)[C@H](c3ccccc3)N2)c1.O=C(O)C(F)(F)F. The highest BCUT2D eigenvalue weighted by atomic mass is 19.4. The first-order valence-corrected chi connectivity index (χ1v) is 10.2. The van der Waals surface area contributed by atoms with Gasteiger partial charge in [0.2, 0.25) is 0 Å². The van der Waals surface area contributed by atoms with Gasteiger partial charge in [-0.25, -0.2) is 9.18 Å². The number of nitrogens with one attached hydrogen (secondary N) is 1. The molecule has 1 aliphatic heterocycles. The molecule has 3 aromatic rings. The molecule has 0 aromatic heterocycles. The van der Waals surface area contributed by atoms with Crippen molar-refractivity contribution >= 4 is 11.8 Å². The van der Waals surface area contributed by atoms with Crippen molar-refractivity contribution in [2.45, 2.75) is 31.1 Å². The van der Waals surface area contributed by atoms with Crippen LogP contribution in [-0.2, 0) is 11.2 Å². The van der Waals surface area contributed by atoms with Crippen LogP contribution in [-0.4, -0.2) is 23.1 Å². The van der Waals surface area contributed by atoms with Gasteiger partial charge in [-0.15, -0.1) is 0 Å². The second-order valence-corrected chi connectivity index (χ2v) is 7.40. The summed E-state index contributed by atoms with van der Waals surface area (Å²) in [5.74, 6) is -1.96. The van der Waals surface area contributed by atoms with E-state index in [1.807, 2.05) is 18.2 Å². The number of aryl methyl sites for hydroxylation is 1. The Labute approximate surface area is 188 Å². The van der Waals surface area contributed by atoms with Crippen molar-refractivity contribution in [1.82, 2.24) is 5.32 Å². The molecular weight excluding hydrogens is 436 g/mol. The number of hydrogen-bond donors (Lipinski definition) is 2. The van der Waals surface area contributed by atoms with Crippen LogP contribution >= 0.6 is 0 Å². The normalized spacial score (nSPS) is 17.4. The largest absolute Gasteiger partial charge is 0.490 e. The number of carbonyl (C=O) groups is 1. The molecule has 0 unspecified atom stereocenters. The fourth-order valence-electron chi connectivity index (χ4n) is 3.47. The molecule has 4 nitrogen and oxygen atoms in total. The number of aliphatic carboxylic acids is 1. The number of halogens is 4. The number of carboxylic acids is 1. The summed E-state index contributed by atoms with van der Waals surface area (Å²) in [4.78, 5) is 13.9. The third-order valence-corrected chi connectivity index (χ3v) is 5.01. The van der Waals surface area contributed by atoms with E-state index in [4.69, 9.17) is 14.9 Å². The maximum absolute atomic E-state index is 13.4. The topological polar surface area (TPSA) is 61.7 Å². The summed E-state index contributed by atoms with van der Waals surface area (Å²) in [6.07, 6.45) is -3.54. The lowest BCUT2D eigenvalue weighted by Crippen LogP contribution is -2.24. The molecule has 8 heteroatoms. The van der Waals surface area contributed by atoms with Crippen LogP contribution in [0, 0.1) is 5.82 Å². The van der Waals surface area contributed by atoms with Gasteiger partial charge in [-0.1, -0.05) is 72.8 Å². The monoisotopic (exact) mass is 458 g/mol. The van der Waals surface area contributed by atoms with Gasteiger partial charge in [0.05, 0.1) is 11.9 Å². The van der Waals surface area contributed by atoms with E-state index < -0.39 is 12.1 Å². The molecule has 0 spiro atoms. The molecule has 0 saturated carbocycles. The molecule has 3 aromatic carbocycles. The van der Waals surface area contributed by atoms with Crippen molar-refractivity contribution in [3.8, 4) is 0 Å². The minimum Gasteiger partial charge on any atom is -0.475 e. The lowest BCUT2D eigenvalue weighted by atomic mass is 9.95. The highest BCUT2D eigenvalue weighted by Crippen LogP contribution is 2.36. The molecule has 0 bridgehead atoms. The number of amidine groups is 1. The van der Waals surface area contributed by atoms with E-state index in [0.29, 0.717) is 0 Å². The van der Waals surface area contributed by atoms with E-state index >= 15 is 0 Å². The summed E-state index contributed by atoms with van der Waals surface area (Å²) >= 11 is 0. The third-order valence-electron chi connectivity index (χ3n) is 5.01. The molecule has 1 heterocycles. The Morgan fingerprint density at radius 2 is 1.45 bits per heavy atom. The summed E-state index contributed by atoms with van der Waals surface area (Å²) < 4.78 is 45.1. The van der Waals surface area contributed by atoms with Crippen LogP contribution in [0.5, 0.6) is 0 Å². The van der Waals surface area contributed by atoms with E-state index in [-0.39, 0.29) is 17.9 Å². The molecule has 0 fully saturated rings. The van der Waals surface area contributed by atoms with Gasteiger partial charge < -0.3 is 10.4 Å². The fourth-order valence-corrected chi connectivity index (χ4v) is 3.47. The van der Waals surface area contributed by atoms with Crippen molar-refractivity contribution in [1.29, 1.82) is 0 Å². The molecule has 0 amide bonds. The van der Waals surface area contributed by atoms with Crippen molar-refractivity contribution in [2.75, 3.05) is 0 Å². The zero-order valence-corrected chi connectivity index (χ0v) is 17.5. The van der Waals surface area contributed by atoms with E-state index in [1.165, 1.54) is 17.2 Å². The van der Waals surface area contributed by atoms with Crippen LogP contribution in [0.25, 0.3) is 0 Å². The number of nitrogens with zero attached hydrogens (tertiary/aromatic N) is 1. The van der Waals surface area contributed by atoms with E-state index in [1.54, 1.807) is 12.1 Å². The van der Waals surface area contributed by atoms with E-state index in [9.17, 15) is 17.6 Å². The maximum Gasteiger partial charge on any atom is 0.490 e. The fraction of sp³-hybridized carbons (Fsp3) is 0.200. The number of hydrogen-bond acceptors (Lipinski definition) is 3. The smallest absolute Gasteiger partial charge is 0.475 e. The van der Waals surface area contributed by atoms with Crippen LogP contribution in [0.3, 0.4) is 0 Å². The first-order valence-electron chi connectivity index (χ1n) is 10.2. The highest BCUT2D eigenvalue weighted by molar-refractivity contribution is 5.85. The average molecular weight is 458 g/mol. The second kappa shape index (κ2) is 10.8. The van der Waals surface area contributed by atoms with Gasteiger partial charge in [-0.05, 0) is 35.2 Å². The predicted octanol–water partition coefficient (Wildman–Crippen LogP) is 5.88. The number of benzene rings is 3. The molecule has 2 atom stereocenters. The maximum atomic E-state index is 13.4. The van der Waals surface area contributed by atoms with Gasteiger partial charge in [0.1, 0.15) is 11.9 Å². The third kappa shape index (κ3) is 6.90. The Morgan fingerprint density at radius 3 is 2.00 bits per heavy atom. The minimum atomic E-state index is -5.08. The molecular formula is C25H22F4N2O2. The molecule has 0 saturated heterocycles. The first-order chi connectivity index (χ1) is 15.7. The minimum absolute atomic E-state index is 0.0566. The molecule has 1 aliphatic rings. The summed E-state index contributed by atoms with van der Waals surface area (Å²) in [7, 11) is 0. The van der Waals surface area contributed by atoms with E-state index in [0.717, 1.165) is 24.2 Å². The lowest BCUT2D eigenvalue weighted by Gasteiger charge is -2.19. The van der Waals surface area contributed by atoms with Gasteiger partial charge in [-0.3, -0.25) is 4.99 Å². The van der Waals surface area contributed by atoms with Gasteiger partial charge in [0.25, 0.3) is 0 Å². The van der Waals surface area contributed by atoms with Crippen molar-refractivity contribution in [3.05, 3.63) is 107 Å². The van der Waals surface area contributed by atoms with Gasteiger partial charge in [0, 0.05) is 6.42 Å². The van der Waals surface area contributed by atoms with E-state index in [2.05, 4.69) is 53.8 Å². The van der Waals surface area contributed by atoms with Crippen molar-refractivity contribution in [3.63, 3.8) is 0 Å². The van der Waals surface area contributed by atoms with Gasteiger partial charge in [-0.2, -0.15) is 13.2 Å². The Hall–Kier alpha value is -3.68. The Kier molecular flexibility index (Phi) is 7.82. The quantitative estimate of drug-likeness (QED) is 0.470. The summed E-state index contributed by atoms with van der Waals surface area (Å²) in [5, 5.41) is 10.7. The molecule has 0 aliphatic carbocycles. The molecule has 0 radical (unpaired) electrons. The Morgan fingerprint density at radius 1 is 0.879 bits per heavy atom. The lowest BCUT2D eigenvalue weighted by molar-refractivity contribution is -0.192. The molecule has 172 valence electrons. The summed E-state index contributed by atoms with van der Waals surface area (Å²) in [6, 6.07) is 27.8. The number of rotatable bonds is 5. The van der Waals surface area contributed by atoms with Crippen LogP contribution in [0.4, 0.5) is 17.6 Å². The predicted molar refractivity (Wildman–Crippen MR) is 117 cm³/mol. The van der Waals surface area contributed by atoms with Crippen molar-refractivity contribution < 1.29 is 27.5 Å². The van der Waals surface area contributed by atoms with Crippen molar-refractivity contribution in [2.24, 2.45) is 4.99 Å². The van der Waals surface area contributed by atoms with Gasteiger partial charge >= 0.3 is 12.1 Å². The standard InChI is InChI=1S/C23H21FN2.C2HF3O2/c24-20-13-7-8-17(16-20)14-15-21-25-22(18-9-3-1-4-10-18)23(26-21)19-11-5-2-6-12-19;3-2(4,5)1(6)7/h1-13,16,22-23H,14-15H2,(H,25,26);(H,6,7)/t22-,23+;. The Balaban J connectivity index is 0.000000383. The molecule has 2 N–H and O–H groups in total. The van der Waals surface area contributed by atoms with Crippen LogP contribution in [0.1, 0.15) is 35.2 Å². The second-order valence-electron chi connectivity index (χ2n) is 7.40. The number of carboxylic acid groups (broad SMARTS) is 1. The van der Waals surface area contributed by atoms with Crippen LogP contribution < -0.4 is 5.32 Å². The molecule has 4 rings (SSSR count). The summed E-state index contributed by atoms with van der Waals surface area (Å²) in [5.41, 5.74) is 3.43. The Bertz CT molecular complexity index is 1090. The van der Waals surface area contributed by atoms with Crippen LogP contribution in [0.2, 0.25) is 0 Å². The average Bonchev–Trinajstić information content (AvgIpc) is 3.23. The first kappa shape index (κ1) is 24.0. The zero-order valence-electron chi connectivity index (χ0n) is 17.5. The van der Waals surface area contributed by atoms with Gasteiger partial charge in [0.15, 0.2) is 0 Å². The zero-order chi connectivity index (χ0) is 23.8. The number of alkyl halides is 3. The molecule has 33 heavy (non-hydrogen) atoms. The highest BCUT2D eigenvalue weighted by Gasteiger charge is 2.38. The summed E-state index contributed by atoms with van der Waals surface area (Å²) in [6.45, 7) is 0. The number of aliphatic imine (C=N–C) groups is 1. The van der Waals surface area contributed by atoms with Crippen LogP contribution in [0.15, 0.2) is 89.9 Å².